The van der Waals surface area contributed by atoms with Crippen molar-refractivity contribution in [1.82, 2.24) is 0 Å². The molecule has 0 aromatic carbocycles. The van der Waals surface area contributed by atoms with Gasteiger partial charge in [-0.05, 0) is 65.9 Å². The fourth-order valence-corrected chi connectivity index (χ4v) is 2.29. The number of rotatable bonds is 14. The van der Waals surface area contributed by atoms with Gasteiger partial charge >= 0.3 is 11.9 Å². The van der Waals surface area contributed by atoms with Crippen LogP contribution in [0.15, 0.2) is 34.9 Å². The topological polar surface area (TPSA) is 52.6 Å². The van der Waals surface area contributed by atoms with Crippen molar-refractivity contribution in [1.29, 1.82) is 0 Å². The molecule has 0 amide bonds. The van der Waals surface area contributed by atoms with Gasteiger partial charge in [0.15, 0.2) is 0 Å². The smallest absolute Gasteiger partial charge is 0.306 e. The van der Waals surface area contributed by atoms with E-state index >= 15 is 0 Å². The van der Waals surface area contributed by atoms with E-state index in [9.17, 15) is 9.59 Å². The van der Waals surface area contributed by atoms with Crippen LogP contribution in [0.4, 0.5) is 0 Å². The third-order valence-electron chi connectivity index (χ3n) is 4.09. The second-order valence-corrected chi connectivity index (χ2v) is 7.22. The molecule has 0 saturated heterocycles. The molecule has 0 bridgehead atoms. The van der Waals surface area contributed by atoms with Gasteiger partial charge in [-0.2, -0.15) is 0 Å². The van der Waals surface area contributed by atoms with E-state index in [2.05, 4.69) is 32.9 Å². The summed E-state index contributed by atoms with van der Waals surface area (Å²) in [6.07, 6.45) is 12.6. The first-order valence-corrected chi connectivity index (χ1v) is 10.1. The summed E-state index contributed by atoms with van der Waals surface area (Å²) in [5.41, 5.74) is 3.98. The van der Waals surface area contributed by atoms with Gasteiger partial charge in [0.05, 0.1) is 19.4 Å². The monoisotopic (exact) mass is 378 g/mol. The second-order valence-electron chi connectivity index (χ2n) is 7.22. The Morgan fingerprint density at radius 3 is 1.89 bits per heavy atom. The molecule has 0 aliphatic rings. The van der Waals surface area contributed by atoms with Crippen LogP contribution in [0.2, 0.25) is 0 Å². The summed E-state index contributed by atoms with van der Waals surface area (Å²) in [5.74, 6) is -0.694. The molecule has 0 N–H and O–H groups in total. The summed E-state index contributed by atoms with van der Waals surface area (Å²) in [5, 5.41) is 0. The lowest BCUT2D eigenvalue weighted by Gasteiger charge is -2.05. The zero-order chi connectivity index (χ0) is 20.5. The highest BCUT2D eigenvalue weighted by atomic mass is 16.5. The summed E-state index contributed by atoms with van der Waals surface area (Å²) in [6, 6.07) is 0. The van der Waals surface area contributed by atoms with Crippen molar-refractivity contribution >= 4 is 11.9 Å². The molecule has 0 aromatic rings. The lowest BCUT2D eigenvalue weighted by Crippen LogP contribution is -2.11. The average molecular weight is 379 g/mol. The highest BCUT2D eigenvalue weighted by molar-refractivity contribution is 5.77. The number of allylic oxidation sites excluding steroid dienone is 5. The molecule has 0 fully saturated rings. The van der Waals surface area contributed by atoms with Crippen LogP contribution < -0.4 is 0 Å². The summed E-state index contributed by atoms with van der Waals surface area (Å²) in [4.78, 5) is 23.1. The lowest BCUT2D eigenvalue weighted by atomic mass is 10.1. The van der Waals surface area contributed by atoms with Crippen molar-refractivity contribution in [2.75, 3.05) is 13.2 Å². The van der Waals surface area contributed by atoms with Crippen molar-refractivity contribution in [3.8, 4) is 0 Å². The van der Waals surface area contributed by atoms with Crippen molar-refractivity contribution < 1.29 is 19.1 Å². The van der Waals surface area contributed by atoms with E-state index in [1.807, 2.05) is 19.9 Å². The first kappa shape index (κ1) is 25.2. The molecule has 4 heteroatoms. The molecule has 0 aliphatic carbocycles. The van der Waals surface area contributed by atoms with Crippen molar-refractivity contribution in [3.63, 3.8) is 0 Å². The Kier molecular flexibility index (Phi) is 15.2. The van der Waals surface area contributed by atoms with Crippen LogP contribution in [-0.2, 0) is 19.1 Å². The Morgan fingerprint density at radius 2 is 1.30 bits per heavy atom. The van der Waals surface area contributed by atoms with E-state index < -0.39 is 0 Å². The van der Waals surface area contributed by atoms with E-state index in [1.165, 1.54) is 16.7 Å². The minimum Gasteiger partial charge on any atom is -0.466 e. The number of unbranched alkanes of at least 4 members (excludes halogenated alkanes) is 1. The second kappa shape index (κ2) is 16.3. The van der Waals surface area contributed by atoms with E-state index in [0.717, 1.165) is 38.5 Å². The Bertz CT molecular complexity index is 522. The maximum atomic E-state index is 11.6. The third-order valence-corrected chi connectivity index (χ3v) is 4.09. The Morgan fingerprint density at radius 1 is 0.741 bits per heavy atom. The van der Waals surface area contributed by atoms with Gasteiger partial charge in [-0.1, -0.05) is 42.2 Å². The number of ether oxygens (including phenoxy) is 2. The number of carbonyl (C=O) groups excluding carboxylic acids is 2. The third kappa shape index (κ3) is 17.3. The zero-order valence-electron chi connectivity index (χ0n) is 17.9. The molecule has 0 radical (unpaired) electrons. The first-order valence-electron chi connectivity index (χ1n) is 10.1. The molecule has 0 unspecified atom stereocenters. The van der Waals surface area contributed by atoms with Crippen molar-refractivity contribution in [2.24, 2.45) is 0 Å². The minimum atomic E-state index is -0.360. The number of hydrogen-bond donors (Lipinski definition) is 0. The molecule has 0 heterocycles. The van der Waals surface area contributed by atoms with Crippen LogP contribution in [0.3, 0.4) is 0 Å². The first-order chi connectivity index (χ1) is 12.8. The number of hydrogen-bond acceptors (Lipinski definition) is 4. The maximum Gasteiger partial charge on any atom is 0.306 e. The molecule has 27 heavy (non-hydrogen) atoms. The van der Waals surface area contributed by atoms with E-state index in [0.29, 0.717) is 6.61 Å². The molecule has 0 atom stereocenters. The fraction of sp³-hybridized carbons (Fsp3) is 0.652. The molecule has 4 nitrogen and oxygen atoms in total. The molecule has 0 aliphatic heterocycles. The van der Waals surface area contributed by atoms with Gasteiger partial charge in [-0.25, -0.2) is 0 Å². The summed E-state index contributed by atoms with van der Waals surface area (Å²) >= 11 is 0. The molecular weight excluding hydrogens is 340 g/mol. The average Bonchev–Trinajstić information content (AvgIpc) is 2.60. The highest BCUT2D eigenvalue weighted by Gasteiger charge is 2.08. The minimum absolute atomic E-state index is 0.0749. The Hall–Kier alpha value is -1.84. The standard InChI is InChI=1S/C23H38O4/c1-6-7-17-26-22(24)14-15-23(25)27-18-16-21(5)13-9-12-20(4)11-8-10-19(2)3/h10,12,16H,6-9,11,13-15,17-18H2,1-5H3/b20-12+,21-16+. The molecule has 0 aromatic heterocycles. The van der Waals surface area contributed by atoms with Crippen LogP contribution in [0, 0.1) is 0 Å². The van der Waals surface area contributed by atoms with Crippen LogP contribution in [0.1, 0.15) is 86.0 Å². The van der Waals surface area contributed by atoms with Crippen LogP contribution in [0.25, 0.3) is 0 Å². The maximum absolute atomic E-state index is 11.6. The SMILES string of the molecule is CCCCOC(=O)CCC(=O)OC/C=C(\C)CC/C=C(\C)CCC=C(C)C. The van der Waals surface area contributed by atoms with Gasteiger partial charge in [0.1, 0.15) is 6.61 Å². The van der Waals surface area contributed by atoms with Gasteiger partial charge < -0.3 is 9.47 Å². The van der Waals surface area contributed by atoms with Gasteiger partial charge in [0.25, 0.3) is 0 Å². The number of carbonyl (C=O) groups is 2. The molecule has 0 saturated carbocycles. The molecule has 154 valence electrons. The van der Waals surface area contributed by atoms with Gasteiger partial charge in [0.2, 0.25) is 0 Å². The Labute approximate surface area is 165 Å². The Balaban J connectivity index is 3.89. The predicted molar refractivity (Wildman–Crippen MR) is 111 cm³/mol. The normalized spacial score (nSPS) is 11.9. The van der Waals surface area contributed by atoms with E-state index in [-0.39, 0.29) is 31.4 Å². The van der Waals surface area contributed by atoms with Crippen molar-refractivity contribution in [2.45, 2.75) is 86.0 Å². The number of esters is 2. The predicted octanol–water partition coefficient (Wildman–Crippen LogP) is 6.07. The molecular formula is C23H38O4. The lowest BCUT2D eigenvalue weighted by molar-refractivity contribution is -0.149. The molecule has 0 rings (SSSR count). The summed E-state index contributed by atoms with van der Waals surface area (Å²) < 4.78 is 10.2. The molecule has 0 spiro atoms. The quantitative estimate of drug-likeness (QED) is 0.209. The van der Waals surface area contributed by atoms with Gasteiger partial charge in [-0.3, -0.25) is 9.59 Å². The van der Waals surface area contributed by atoms with Crippen LogP contribution in [0.5, 0.6) is 0 Å². The fourth-order valence-electron chi connectivity index (χ4n) is 2.29. The highest BCUT2D eigenvalue weighted by Crippen LogP contribution is 2.11. The largest absolute Gasteiger partial charge is 0.466 e. The summed E-state index contributed by atoms with van der Waals surface area (Å²) in [7, 11) is 0. The zero-order valence-corrected chi connectivity index (χ0v) is 17.9. The van der Waals surface area contributed by atoms with Gasteiger partial charge in [0, 0.05) is 0 Å². The van der Waals surface area contributed by atoms with E-state index in [4.69, 9.17) is 9.47 Å². The summed E-state index contributed by atoms with van der Waals surface area (Å²) in [6.45, 7) is 11.2. The van der Waals surface area contributed by atoms with Crippen LogP contribution in [-0.4, -0.2) is 25.2 Å². The van der Waals surface area contributed by atoms with Crippen LogP contribution >= 0.6 is 0 Å². The van der Waals surface area contributed by atoms with Crippen molar-refractivity contribution in [3.05, 3.63) is 34.9 Å². The van der Waals surface area contributed by atoms with Gasteiger partial charge in [-0.15, -0.1) is 0 Å². The van der Waals surface area contributed by atoms with E-state index in [1.54, 1.807) is 0 Å².